The largest absolute Gasteiger partial charge is 0.326 e. The lowest BCUT2D eigenvalue weighted by Gasteiger charge is -2.31. The number of nitrogens with one attached hydrogen (secondary N) is 2. The maximum Gasteiger partial charge on any atom is 0.322 e. The van der Waals surface area contributed by atoms with Crippen LogP contribution >= 0.6 is 11.3 Å². The third-order valence-corrected chi connectivity index (χ3v) is 8.02. The molecule has 1 aliphatic rings. The lowest BCUT2D eigenvalue weighted by atomic mass is 9.97. The topological polar surface area (TPSA) is 98.8 Å². The predicted molar refractivity (Wildman–Crippen MR) is 114 cm³/mol. The number of hydrogen-bond donors (Lipinski definition) is 2. The van der Waals surface area contributed by atoms with E-state index < -0.39 is 10.0 Å². The molecular weight excluding hydrogens is 431 g/mol. The number of nitrogens with zero attached hydrogens (tertiary/aromatic N) is 2. The van der Waals surface area contributed by atoms with Gasteiger partial charge in [-0.05, 0) is 49.2 Å². The van der Waals surface area contributed by atoms with Crippen LogP contribution in [-0.2, 0) is 14.8 Å². The van der Waals surface area contributed by atoms with Gasteiger partial charge in [-0.25, -0.2) is 21.9 Å². The van der Waals surface area contributed by atoms with Crippen LogP contribution in [-0.4, -0.2) is 56.7 Å². The van der Waals surface area contributed by atoms with Crippen LogP contribution < -0.4 is 10.6 Å². The van der Waals surface area contributed by atoms with E-state index in [0.717, 1.165) is 15.6 Å². The second kappa shape index (κ2) is 9.11. The van der Waals surface area contributed by atoms with E-state index in [2.05, 4.69) is 10.6 Å². The fraction of sp³-hybridized carbons (Fsp3) is 0.368. The van der Waals surface area contributed by atoms with Gasteiger partial charge < -0.3 is 10.2 Å². The third kappa shape index (κ3) is 5.15. The van der Waals surface area contributed by atoms with Crippen LogP contribution in [0, 0.1) is 11.7 Å². The molecule has 11 heteroatoms. The fourth-order valence-corrected chi connectivity index (χ4v) is 5.41. The van der Waals surface area contributed by atoms with Crippen LogP contribution in [0.4, 0.5) is 19.9 Å². The minimum Gasteiger partial charge on any atom is -0.326 e. The zero-order valence-electron chi connectivity index (χ0n) is 16.6. The number of rotatable bonds is 5. The summed E-state index contributed by atoms with van der Waals surface area (Å²) in [4.78, 5) is 26.7. The van der Waals surface area contributed by atoms with Gasteiger partial charge in [0.05, 0.1) is 10.9 Å². The summed E-state index contributed by atoms with van der Waals surface area (Å²) >= 11 is 0.972. The van der Waals surface area contributed by atoms with Gasteiger partial charge in [0.15, 0.2) is 0 Å². The van der Waals surface area contributed by atoms with Crippen molar-refractivity contribution in [3.8, 4) is 0 Å². The molecule has 0 aliphatic carbocycles. The fourth-order valence-electron chi connectivity index (χ4n) is 3.04. The second-order valence-corrected chi connectivity index (χ2v) is 10.6. The van der Waals surface area contributed by atoms with Crippen molar-refractivity contribution in [2.75, 3.05) is 37.8 Å². The first kappa shape index (κ1) is 22.2. The zero-order valence-corrected chi connectivity index (χ0v) is 18.2. The SMILES string of the molecule is CN(C)S(=O)(=O)c1ccc(NC(=O)N2CCC[C@@H](C(=O)Nc3ccc(F)cc3)C2)s1. The number of sulfonamides is 1. The first-order chi connectivity index (χ1) is 14.2. The summed E-state index contributed by atoms with van der Waals surface area (Å²) in [5.74, 6) is -0.999. The molecule has 8 nitrogen and oxygen atoms in total. The van der Waals surface area contributed by atoms with Crippen molar-refractivity contribution in [1.29, 1.82) is 0 Å². The monoisotopic (exact) mass is 454 g/mol. The van der Waals surface area contributed by atoms with Gasteiger partial charge >= 0.3 is 6.03 Å². The highest BCUT2D eigenvalue weighted by atomic mass is 32.2. The minimum atomic E-state index is -3.56. The molecule has 2 heterocycles. The van der Waals surface area contributed by atoms with Crippen LogP contribution in [0.3, 0.4) is 0 Å². The Morgan fingerprint density at radius 3 is 2.50 bits per heavy atom. The standard InChI is InChI=1S/C19H23FN4O4S2/c1-23(2)30(27,28)17-10-9-16(29-17)22-19(26)24-11-3-4-13(12-24)18(25)21-15-7-5-14(20)6-8-15/h5-10,13H,3-4,11-12H2,1-2H3,(H,21,25)(H,22,26)/t13-/m1/s1. The van der Waals surface area contributed by atoms with E-state index in [4.69, 9.17) is 0 Å². The summed E-state index contributed by atoms with van der Waals surface area (Å²) in [7, 11) is -0.673. The predicted octanol–water partition coefficient (Wildman–Crippen LogP) is 3.02. The molecule has 0 spiro atoms. The molecule has 1 saturated heterocycles. The normalized spacial score (nSPS) is 17.1. The van der Waals surface area contributed by atoms with Crippen LogP contribution in [0.1, 0.15) is 12.8 Å². The lowest BCUT2D eigenvalue weighted by Crippen LogP contribution is -2.45. The molecule has 0 radical (unpaired) electrons. The number of piperidine rings is 1. The van der Waals surface area contributed by atoms with Crippen molar-refractivity contribution in [1.82, 2.24) is 9.21 Å². The number of urea groups is 1. The average molecular weight is 455 g/mol. The van der Waals surface area contributed by atoms with Gasteiger partial charge in [-0.3, -0.25) is 10.1 Å². The highest BCUT2D eigenvalue weighted by molar-refractivity contribution is 7.91. The van der Waals surface area contributed by atoms with Crippen molar-refractivity contribution in [3.05, 3.63) is 42.2 Å². The van der Waals surface area contributed by atoms with Crippen molar-refractivity contribution >= 4 is 44.0 Å². The summed E-state index contributed by atoms with van der Waals surface area (Å²) in [6.07, 6.45) is 1.31. The van der Waals surface area contributed by atoms with Crippen LogP contribution in [0.25, 0.3) is 0 Å². The van der Waals surface area contributed by atoms with Gasteiger partial charge in [-0.1, -0.05) is 0 Å². The van der Waals surface area contributed by atoms with E-state index in [1.807, 2.05) is 0 Å². The Labute approximate surface area is 178 Å². The molecule has 3 amide bonds. The Balaban J connectivity index is 1.60. The van der Waals surface area contributed by atoms with Gasteiger partial charge in [0, 0.05) is 32.9 Å². The molecule has 2 aromatic rings. The van der Waals surface area contributed by atoms with Crippen molar-refractivity contribution in [2.24, 2.45) is 5.92 Å². The molecule has 162 valence electrons. The lowest BCUT2D eigenvalue weighted by molar-refractivity contribution is -0.121. The summed E-state index contributed by atoms with van der Waals surface area (Å²) in [6, 6.07) is 8.11. The summed E-state index contributed by atoms with van der Waals surface area (Å²) in [5.41, 5.74) is 0.496. The second-order valence-electron chi connectivity index (χ2n) is 7.12. The number of hydrogen-bond acceptors (Lipinski definition) is 5. The van der Waals surface area contributed by atoms with Crippen LogP contribution in [0.2, 0.25) is 0 Å². The minimum absolute atomic E-state index is 0.137. The number of carbonyl (C=O) groups excluding carboxylic acids is 2. The summed E-state index contributed by atoms with van der Waals surface area (Å²) in [6.45, 7) is 0.744. The van der Waals surface area contributed by atoms with Crippen molar-refractivity contribution in [3.63, 3.8) is 0 Å². The first-order valence-electron chi connectivity index (χ1n) is 9.31. The Hall–Kier alpha value is -2.50. The van der Waals surface area contributed by atoms with Crippen LogP contribution in [0.15, 0.2) is 40.6 Å². The van der Waals surface area contributed by atoms with E-state index in [-0.39, 0.29) is 34.4 Å². The summed E-state index contributed by atoms with van der Waals surface area (Å²) in [5, 5.41) is 5.87. The van der Waals surface area contributed by atoms with E-state index in [1.54, 1.807) is 6.07 Å². The molecule has 3 rings (SSSR count). The number of carbonyl (C=O) groups is 2. The number of anilines is 2. The van der Waals surface area contributed by atoms with E-state index in [9.17, 15) is 22.4 Å². The highest BCUT2D eigenvalue weighted by Gasteiger charge is 2.29. The first-order valence-corrected chi connectivity index (χ1v) is 11.6. The molecule has 0 bridgehead atoms. The van der Waals surface area contributed by atoms with Gasteiger partial charge in [0.25, 0.3) is 10.0 Å². The molecule has 0 saturated carbocycles. The molecule has 0 unspecified atom stereocenters. The van der Waals surface area contributed by atoms with Gasteiger partial charge in [-0.2, -0.15) is 0 Å². The third-order valence-electron chi connectivity index (χ3n) is 4.74. The zero-order chi connectivity index (χ0) is 21.9. The molecule has 2 N–H and O–H groups in total. The number of likely N-dealkylation sites (tertiary alicyclic amines) is 1. The molecule has 1 fully saturated rings. The van der Waals surface area contributed by atoms with E-state index in [1.165, 1.54) is 49.3 Å². The van der Waals surface area contributed by atoms with E-state index >= 15 is 0 Å². The quantitative estimate of drug-likeness (QED) is 0.726. The molecule has 1 aliphatic heterocycles. The Morgan fingerprint density at radius 2 is 1.83 bits per heavy atom. The van der Waals surface area contributed by atoms with E-state index in [0.29, 0.717) is 30.1 Å². The Morgan fingerprint density at radius 1 is 1.13 bits per heavy atom. The molecule has 1 atom stereocenters. The molecule has 30 heavy (non-hydrogen) atoms. The Bertz CT molecular complexity index is 1020. The van der Waals surface area contributed by atoms with Crippen molar-refractivity contribution in [2.45, 2.75) is 17.1 Å². The average Bonchev–Trinajstić information content (AvgIpc) is 3.19. The number of amides is 3. The Kier molecular flexibility index (Phi) is 6.74. The van der Waals surface area contributed by atoms with Gasteiger partial charge in [0.1, 0.15) is 10.0 Å². The molecular formula is C19H23FN4O4S2. The number of halogens is 1. The molecule has 1 aromatic carbocycles. The number of thiophene rings is 1. The maximum absolute atomic E-state index is 13.0. The maximum atomic E-state index is 13.0. The van der Waals surface area contributed by atoms with Gasteiger partial charge in [-0.15, -0.1) is 11.3 Å². The van der Waals surface area contributed by atoms with Crippen LogP contribution in [0.5, 0.6) is 0 Å². The smallest absolute Gasteiger partial charge is 0.322 e. The molecule has 1 aromatic heterocycles. The highest BCUT2D eigenvalue weighted by Crippen LogP contribution is 2.28. The summed E-state index contributed by atoms with van der Waals surface area (Å²) < 4.78 is 38.6. The number of benzene rings is 1. The van der Waals surface area contributed by atoms with Gasteiger partial charge in [0.2, 0.25) is 5.91 Å². The van der Waals surface area contributed by atoms with Crippen molar-refractivity contribution < 1.29 is 22.4 Å².